The van der Waals surface area contributed by atoms with Crippen molar-refractivity contribution in [2.75, 3.05) is 5.73 Å². The molecule has 0 saturated carbocycles. The first kappa shape index (κ1) is 31.1. The highest BCUT2D eigenvalue weighted by Gasteiger charge is 2.41. The van der Waals surface area contributed by atoms with Crippen molar-refractivity contribution in [3.63, 3.8) is 0 Å². The fourth-order valence-electron chi connectivity index (χ4n) is 5.72. The minimum absolute atomic E-state index is 0.0303. The number of nitrogen functional groups attached to an aromatic ring is 1. The van der Waals surface area contributed by atoms with Gasteiger partial charge < -0.3 is 15.6 Å². The number of hydrogen-bond acceptors (Lipinski definition) is 5. The number of nitrogens with zero attached hydrogens (tertiary/aromatic N) is 3. The molecule has 2 aromatic heterocycles. The van der Waals surface area contributed by atoms with Gasteiger partial charge in [0.1, 0.15) is 22.6 Å². The van der Waals surface area contributed by atoms with Gasteiger partial charge in [0.2, 0.25) is 0 Å². The lowest BCUT2D eigenvalue weighted by atomic mass is 9.76. The molecule has 0 aliphatic heterocycles. The summed E-state index contributed by atoms with van der Waals surface area (Å²) in [6.45, 7) is 9.70. The molecule has 0 aliphatic carbocycles. The van der Waals surface area contributed by atoms with Gasteiger partial charge in [-0.05, 0) is 69.5 Å². The molecule has 0 unspecified atom stereocenters. The summed E-state index contributed by atoms with van der Waals surface area (Å²) in [6.07, 6.45) is 9.43. The molecular formula is C37H37FN6O. The normalized spacial score (nSPS) is 12.5. The van der Waals surface area contributed by atoms with Gasteiger partial charge in [0, 0.05) is 23.0 Å². The predicted octanol–water partition coefficient (Wildman–Crippen LogP) is 7.41. The van der Waals surface area contributed by atoms with Crippen molar-refractivity contribution in [3.8, 4) is 0 Å². The second-order valence-electron chi connectivity index (χ2n) is 11.8. The van der Waals surface area contributed by atoms with E-state index in [9.17, 15) is 9.18 Å². The number of carbonyl (C=O) groups excluding carboxylic acids is 1. The summed E-state index contributed by atoms with van der Waals surface area (Å²) >= 11 is 0. The van der Waals surface area contributed by atoms with Gasteiger partial charge in [0.15, 0.2) is 5.65 Å². The van der Waals surface area contributed by atoms with Crippen LogP contribution >= 0.6 is 0 Å². The number of rotatable bonds is 8. The van der Waals surface area contributed by atoms with Crippen LogP contribution in [0.2, 0.25) is 0 Å². The Morgan fingerprint density at radius 2 is 1.58 bits per heavy atom. The van der Waals surface area contributed by atoms with Crippen molar-refractivity contribution >= 4 is 28.5 Å². The van der Waals surface area contributed by atoms with Gasteiger partial charge >= 0.3 is 0 Å². The number of nitrogens with two attached hydrogens (primary N) is 1. The first-order chi connectivity index (χ1) is 21.5. The van der Waals surface area contributed by atoms with Crippen LogP contribution in [0.3, 0.4) is 0 Å². The number of benzene rings is 3. The van der Waals surface area contributed by atoms with E-state index in [0.717, 1.165) is 16.7 Å². The van der Waals surface area contributed by atoms with Crippen LogP contribution in [0, 0.1) is 11.2 Å². The molecule has 0 bridgehead atoms. The van der Waals surface area contributed by atoms with Crippen LogP contribution in [0.15, 0.2) is 115 Å². The third-order valence-corrected chi connectivity index (χ3v) is 7.59. The average molecular weight is 601 g/mol. The minimum Gasteiger partial charge on any atom is -0.398 e. The summed E-state index contributed by atoms with van der Waals surface area (Å²) in [4.78, 5) is 23.7. The Bertz CT molecular complexity index is 1900. The highest BCUT2D eigenvalue weighted by molar-refractivity contribution is 6.14. The Labute approximate surface area is 262 Å². The first-order valence-corrected chi connectivity index (χ1v) is 14.8. The molecule has 5 rings (SSSR count). The molecule has 228 valence electrons. The number of aromatic nitrogens is 3. The van der Waals surface area contributed by atoms with Crippen LogP contribution in [-0.4, -0.2) is 31.7 Å². The number of halogens is 1. The molecule has 2 heterocycles. The van der Waals surface area contributed by atoms with E-state index in [2.05, 4.69) is 41.7 Å². The zero-order chi connectivity index (χ0) is 32.4. The van der Waals surface area contributed by atoms with E-state index >= 15 is 0 Å². The molecule has 4 N–H and O–H groups in total. The number of allylic oxidation sites excluding steroid dienone is 4. The molecule has 0 spiro atoms. The van der Waals surface area contributed by atoms with E-state index in [1.807, 2.05) is 81.7 Å². The minimum atomic E-state index is -0.951. The fourth-order valence-corrected chi connectivity index (χ4v) is 5.72. The second-order valence-corrected chi connectivity index (χ2v) is 11.8. The molecule has 0 saturated heterocycles. The van der Waals surface area contributed by atoms with Gasteiger partial charge in [-0.3, -0.25) is 10.2 Å². The molecule has 0 radical (unpaired) electrons. The highest BCUT2D eigenvalue weighted by atomic mass is 19.1. The largest absolute Gasteiger partial charge is 0.398 e. The summed E-state index contributed by atoms with van der Waals surface area (Å²) in [5.74, 6) is -0.823. The van der Waals surface area contributed by atoms with Gasteiger partial charge in [-0.15, -0.1) is 0 Å². The van der Waals surface area contributed by atoms with Crippen LogP contribution in [0.25, 0.3) is 11.2 Å². The molecule has 7 nitrogen and oxygen atoms in total. The summed E-state index contributed by atoms with van der Waals surface area (Å²) in [7, 11) is 0. The molecule has 0 atom stereocenters. The van der Waals surface area contributed by atoms with Crippen molar-refractivity contribution < 1.29 is 9.18 Å². The topological polar surface area (TPSA) is 110 Å². The van der Waals surface area contributed by atoms with Crippen LogP contribution < -0.4 is 11.1 Å². The van der Waals surface area contributed by atoms with Crippen molar-refractivity contribution in [3.05, 3.63) is 149 Å². The number of nitrogens with one attached hydrogen (secondary N) is 2. The van der Waals surface area contributed by atoms with Crippen molar-refractivity contribution in [2.24, 2.45) is 0 Å². The second kappa shape index (κ2) is 12.3. The molecule has 0 fully saturated rings. The molecule has 3 aromatic carbocycles. The summed E-state index contributed by atoms with van der Waals surface area (Å²) in [5, 5.41) is 12.0. The highest BCUT2D eigenvalue weighted by Crippen LogP contribution is 2.44. The zero-order valence-corrected chi connectivity index (χ0v) is 26.1. The van der Waals surface area contributed by atoms with E-state index in [1.54, 1.807) is 6.20 Å². The molecule has 5 aromatic rings. The number of carbonyl (C=O) groups is 1. The van der Waals surface area contributed by atoms with Gasteiger partial charge in [-0.1, -0.05) is 78.9 Å². The van der Waals surface area contributed by atoms with Gasteiger partial charge in [0.05, 0.1) is 17.5 Å². The Morgan fingerprint density at radius 1 is 0.956 bits per heavy atom. The molecular weight excluding hydrogens is 563 g/mol. The Kier molecular flexibility index (Phi) is 8.51. The quantitative estimate of drug-likeness (QED) is 0.0979. The number of hydrogen-bond donors (Lipinski definition) is 3. The SMILES string of the molecule is CC=CC(=CC)C(c1ccccc1)(c1ccccc1)n1cc(C(=O)NC(C)(C)C)c2nc(C(=N)c3ccc(F)cc3N)cnc21. The van der Waals surface area contributed by atoms with E-state index in [4.69, 9.17) is 21.1 Å². The maximum Gasteiger partial charge on any atom is 0.255 e. The predicted molar refractivity (Wildman–Crippen MR) is 179 cm³/mol. The van der Waals surface area contributed by atoms with Crippen LogP contribution in [0.5, 0.6) is 0 Å². The van der Waals surface area contributed by atoms with Gasteiger partial charge in [-0.2, -0.15) is 0 Å². The van der Waals surface area contributed by atoms with Crippen LogP contribution in [0.1, 0.15) is 67.4 Å². The van der Waals surface area contributed by atoms with Crippen LogP contribution in [-0.2, 0) is 5.54 Å². The first-order valence-electron chi connectivity index (χ1n) is 14.8. The fraction of sp³-hybridized carbons (Fsp3) is 0.189. The Morgan fingerprint density at radius 3 is 2.11 bits per heavy atom. The summed E-state index contributed by atoms with van der Waals surface area (Å²) in [6, 6.07) is 24.0. The zero-order valence-electron chi connectivity index (χ0n) is 26.1. The molecule has 1 amide bonds. The summed E-state index contributed by atoms with van der Waals surface area (Å²) in [5.41, 5.74) is 9.16. The lowest BCUT2D eigenvalue weighted by molar-refractivity contribution is 0.0920. The lowest BCUT2D eigenvalue weighted by Gasteiger charge is -2.38. The lowest BCUT2D eigenvalue weighted by Crippen LogP contribution is -2.41. The van der Waals surface area contributed by atoms with E-state index in [0.29, 0.717) is 22.3 Å². The Hall–Kier alpha value is -5.37. The number of anilines is 1. The van der Waals surface area contributed by atoms with E-state index < -0.39 is 16.9 Å². The Balaban J connectivity index is 1.89. The molecule has 0 aliphatic rings. The van der Waals surface area contributed by atoms with Gasteiger partial charge in [-0.25, -0.2) is 14.4 Å². The van der Waals surface area contributed by atoms with Crippen molar-refractivity contribution in [1.29, 1.82) is 5.41 Å². The van der Waals surface area contributed by atoms with Gasteiger partial charge in [0.25, 0.3) is 5.91 Å². The third-order valence-electron chi connectivity index (χ3n) is 7.59. The van der Waals surface area contributed by atoms with Crippen molar-refractivity contribution in [2.45, 2.75) is 45.7 Å². The van der Waals surface area contributed by atoms with E-state index in [-0.39, 0.29) is 23.0 Å². The monoisotopic (exact) mass is 600 g/mol. The standard InChI is InChI=1S/C37H37FN6O/c1-6-14-24(7-2)37(25-15-10-8-11-16-25,26-17-12-9-13-18-26)44-23-29(35(45)43-36(3,4)5)33-34(44)41-22-31(42-33)32(40)28-20-19-27(38)21-30(28)39/h6-23,40H,39H2,1-5H3,(H,43,45). The molecule has 8 heteroatoms. The van der Waals surface area contributed by atoms with E-state index in [1.165, 1.54) is 24.4 Å². The number of amides is 1. The maximum atomic E-state index is 14.0. The average Bonchev–Trinajstić information content (AvgIpc) is 3.40. The third kappa shape index (κ3) is 5.79. The smallest absolute Gasteiger partial charge is 0.255 e. The van der Waals surface area contributed by atoms with Crippen LogP contribution in [0.4, 0.5) is 10.1 Å². The summed E-state index contributed by atoms with van der Waals surface area (Å²) < 4.78 is 15.8. The number of fused-ring (bicyclic) bond motifs is 1. The molecule has 45 heavy (non-hydrogen) atoms. The maximum absolute atomic E-state index is 14.0. The van der Waals surface area contributed by atoms with Crippen molar-refractivity contribution in [1.82, 2.24) is 19.9 Å².